The highest BCUT2D eigenvalue weighted by Crippen LogP contribution is 2.26. The number of piperazine rings is 1. The molecule has 0 atom stereocenters. The molecule has 0 unspecified atom stereocenters. The van der Waals surface area contributed by atoms with Gasteiger partial charge in [-0.15, -0.1) is 0 Å². The van der Waals surface area contributed by atoms with Crippen LogP contribution < -0.4 is 15.7 Å². The van der Waals surface area contributed by atoms with E-state index in [1.165, 1.54) is 13.2 Å². The van der Waals surface area contributed by atoms with E-state index in [9.17, 15) is 9.59 Å². The fourth-order valence-electron chi connectivity index (χ4n) is 3.64. The molecule has 1 N–H and O–H groups in total. The predicted molar refractivity (Wildman–Crippen MR) is 121 cm³/mol. The predicted octanol–water partition coefficient (Wildman–Crippen LogP) is 3.45. The quantitative estimate of drug-likeness (QED) is 0.611. The van der Waals surface area contributed by atoms with Gasteiger partial charge in [0.1, 0.15) is 5.56 Å². The smallest absolute Gasteiger partial charge is 0.349 e. The van der Waals surface area contributed by atoms with Crippen LogP contribution >= 0.6 is 11.6 Å². The molecule has 7 nitrogen and oxygen atoms in total. The lowest BCUT2D eigenvalue weighted by Gasteiger charge is -2.32. The number of para-hydroxylation sites is 1. The molecular formula is C23H24ClN3O4. The molecule has 8 heteroatoms. The summed E-state index contributed by atoms with van der Waals surface area (Å²) in [6.45, 7) is 4.82. The van der Waals surface area contributed by atoms with Crippen molar-refractivity contribution >= 4 is 34.2 Å². The summed E-state index contributed by atoms with van der Waals surface area (Å²) < 4.78 is 10.5. The molecule has 0 bridgehead atoms. The number of carbonyl (C=O) groups excluding carboxylic acids is 1. The SMILES string of the molecule is COc1cccc2cc(C(=O)Nc3ccc(CN4CCN(C)CC4)c(Cl)c3)c(=O)oc12. The molecule has 0 spiro atoms. The topological polar surface area (TPSA) is 75.0 Å². The standard InChI is InChI=1S/C23H24ClN3O4/c1-26-8-10-27(11-9-26)14-16-6-7-17(13-19(16)24)25-22(28)18-12-15-4-3-5-20(30-2)21(15)31-23(18)29/h3-7,12-13H,8-11,14H2,1-2H3,(H,25,28). The van der Waals surface area contributed by atoms with Crippen LogP contribution in [0.2, 0.25) is 5.02 Å². The van der Waals surface area contributed by atoms with Crippen molar-refractivity contribution in [3.8, 4) is 5.75 Å². The Kier molecular flexibility index (Phi) is 6.27. The maximum absolute atomic E-state index is 12.7. The fourth-order valence-corrected chi connectivity index (χ4v) is 3.88. The molecule has 162 valence electrons. The Labute approximate surface area is 185 Å². The summed E-state index contributed by atoms with van der Waals surface area (Å²) in [6.07, 6.45) is 0. The van der Waals surface area contributed by atoms with Gasteiger partial charge in [-0.3, -0.25) is 9.69 Å². The number of carbonyl (C=O) groups is 1. The van der Waals surface area contributed by atoms with Crippen molar-refractivity contribution in [1.29, 1.82) is 0 Å². The van der Waals surface area contributed by atoms with Crippen LogP contribution in [-0.2, 0) is 6.54 Å². The molecule has 0 aliphatic carbocycles. The van der Waals surface area contributed by atoms with E-state index in [0.29, 0.717) is 27.4 Å². The number of hydrogen-bond donors (Lipinski definition) is 1. The molecule has 0 saturated carbocycles. The number of methoxy groups -OCH3 is 1. The second kappa shape index (κ2) is 9.09. The van der Waals surface area contributed by atoms with Crippen molar-refractivity contribution in [2.45, 2.75) is 6.54 Å². The fraction of sp³-hybridized carbons (Fsp3) is 0.304. The zero-order chi connectivity index (χ0) is 22.0. The number of rotatable bonds is 5. The van der Waals surface area contributed by atoms with E-state index in [2.05, 4.69) is 22.2 Å². The Morgan fingerprint density at radius 2 is 1.94 bits per heavy atom. The van der Waals surface area contributed by atoms with E-state index in [-0.39, 0.29) is 5.56 Å². The van der Waals surface area contributed by atoms with E-state index >= 15 is 0 Å². The van der Waals surface area contributed by atoms with E-state index in [0.717, 1.165) is 38.3 Å². The molecule has 0 radical (unpaired) electrons. The molecule has 1 saturated heterocycles. The minimum absolute atomic E-state index is 0.0848. The number of fused-ring (bicyclic) bond motifs is 1. The molecule has 31 heavy (non-hydrogen) atoms. The molecule has 4 rings (SSSR count). The van der Waals surface area contributed by atoms with Crippen LogP contribution in [-0.4, -0.2) is 56.0 Å². The average Bonchev–Trinajstić information content (AvgIpc) is 2.76. The lowest BCUT2D eigenvalue weighted by molar-refractivity contribution is 0.102. The third kappa shape index (κ3) is 4.74. The zero-order valence-corrected chi connectivity index (χ0v) is 18.2. The number of ether oxygens (including phenoxy) is 1. The third-order valence-corrected chi connectivity index (χ3v) is 5.84. The Balaban J connectivity index is 1.50. The molecule has 1 amide bonds. The van der Waals surface area contributed by atoms with Gasteiger partial charge in [-0.2, -0.15) is 0 Å². The maximum atomic E-state index is 12.7. The number of likely N-dealkylation sites (N-methyl/N-ethyl adjacent to an activating group) is 1. The van der Waals surface area contributed by atoms with Gasteiger partial charge in [-0.25, -0.2) is 4.79 Å². The summed E-state index contributed by atoms with van der Waals surface area (Å²) in [5, 5.41) is 3.91. The number of anilines is 1. The number of hydrogen-bond acceptors (Lipinski definition) is 6. The van der Waals surface area contributed by atoms with Gasteiger partial charge >= 0.3 is 5.63 Å². The van der Waals surface area contributed by atoms with Crippen LogP contribution in [0.15, 0.2) is 51.7 Å². The summed E-state index contributed by atoms with van der Waals surface area (Å²) >= 11 is 6.47. The zero-order valence-electron chi connectivity index (χ0n) is 17.5. The second-order valence-corrected chi connectivity index (χ2v) is 8.07. The van der Waals surface area contributed by atoms with Crippen molar-refractivity contribution in [3.05, 3.63) is 69.0 Å². The number of nitrogens with zero attached hydrogens (tertiary/aromatic N) is 2. The first-order valence-corrected chi connectivity index (χ1v) is 10.4. The van der Waals surface area contributed by atoms with Gasteiger partial charge in [0, 0.05) is 48.8 Å². The Hall–Kier alpha value is -2.87. The first-order valence-electron chi connectivity index (χ1n) is 10.1. The first-order chi connectivity index (χ1) is 14.9. The molecule has 1 fully saturated rings. The van der Waals surface area contributed by atoms with Crippen molar-refractivity contribution in [1.82, 2.24) is 9.80 Å². The van der Waals surface area contributed by atoms with E-state index in [4.69, 9.17) is 20.8 Å². The molecule has 2 heterocycles. The molecule has 3 aromatic rings. The van der Waals surface area contributed by atoms with Gasteiger partial charge in [-0.05, 0) is 36.9 Å². The van der Waals surface area contributed by atoms with E-state index in [1.807, 2.05) is 6.07 Å². The first kappa shape index (κ1) is 21.4. The Morgan fingerprint density at radius 3 is 2.65 bits per heavy atom. The van der Waals surface area contributed by atoms with Gasteiger partial charge in [0.2, 0.25) is 0 Å². The van der Waals surface area contributed by atoms with Gasteiger partial charge in [-0.1, -0.05) is 29.8 Å². The largest absolute Gasteiger partial charge is 0.493 e. The van der Waals surface area contributed by atoms with Gasteiger partial charge in [0.25, 0.3) is 5.91 Å². The maximum Gasteiger partial charge on any atom is 0.349 e. The number of halogens is 1. The van der Waals surface area contributed by atoms with Crippen LogP contribution in [0, 0.1) is 0 Å². The average molecular weight is 442 g/mol. The highest BCUT2D eigenvalue weighted by atomic mass is 35.5. The molecule has 1 aromatic heterocycles. The van der Waals surface area contributed by atoms with E-state index < -0.39 is 11.5 Å². The monoisotopic (exact) mass is 441 g/mol. The normalized spacial score (nSPS) is 15.2. The third-order valence-electron chi connectivity index (χ3n) is 5.49. The van der Waals surface area contributed by atoms with Gasteiger partial charge in [0.05, 0.1) is 7.11 Å². The van der Waals surface area contributed by atoms with Gasteiger partial charge in [0.15, 0.2) is 11.3 Å². The Morgan fingerprint density at radius 1 is 1.16 bits per heavy atom. The second-order valence-electron chi connectivity index (χ2n) is 7.67. The number of amides is 1. The van der Waals surface area contributed by atoms with E-state index in [1.54, 1.807) is 30.3 Å². The van der Waals surface area contributed by atoms with Crippen molar-refractivity contribution in [3.63, 3.8) is 0 Å². The molecular weight excluding hydrogens is 418 g/mol. The van der Waals surface area contributed by atoms with Crippen molar-refractivity contribution in [2.24, 2.45) is 0 Å². The summed E-state index contributed by atoms with van der Waals surface area (Å²) in [7, 11) is 3.61. The molecule has 1 aliphatic heterocycles. The summed E-state index contributed by atoms with van der Waals surface area (Å²) in [5.74, 6) is -0.120. The van der Waals surface area contributed by atoms with Crippen LogP contribution in [0.5, 0.6) is 5.75 Å². The van der Waals surface area contributed by atoms with Crippen LogP contribution in [0.3, 0.4) is 0 Å². The van der Waals surface area contributed by atoms with Gasteiger partial charge < -0.3 is 19.4 Å². The number of nitrogens with one attached hydrogen (secondary N) is 1. The van der Waals surface area contributed by atoms with Crippen molar-refractivity contribution < 1.29 is 13.9 Å². The summed E-state index contributed by atoms with van der Waals surface area (Å²) in [6, 6.07) is 12.1. The lowest BCUT2D eigenvalue weighted by Crippen LogP contribution is -2.43. The molecule has 2 aromatic carbocycles. The minimum atomic E-state index is -0.729. The molecule has 1 aliphatic rings. The summed E-state index contributed by atoms with van der Waals surface area (Å²) in [4.78, 5) is 29.8. The summed E-state index contributed by atoms with van der Waals surface area (Å²) in [5.41, 5.74) is 1.01. The number of benzene rings is 2. The van der Waals surface area contributed by atoms with Crippen LogP contribution in [0.4, 0.5) is 5.69 Å². The minimum Gasteiger partial charge on any atom is -0.493 e. The lowest BCUT2D eigenvalue weighted by atomic mass is 10.1. The van der Waals surface area contributed by atoms with Crippen molar-refractivity contribution in [2.75, 3.05) is 45.7 Å². The highest BCUT2D eigenvalue weighted by molar-refractivity contribution is 6.31. The van der Waals surface area contributed by atoms with Crippen LogP contribution in [0.1, 0.15) is 15.9 Å². The Bertz CT molecular complexity index is 1170. The highest BCUT2D eigenvalue weighted by Gasteiger charge is 2.18. The van der Waals surface area contributed by atoms with Crippen LogP contribution in [0.25, 0.3) is 11.0 Å².